The molecule has 1 atom stereocenters. The van der Waals surface area contributed by atoms with Crippen molar-refractivity contribution in [2.75, 3.05) is 12.0 Å². The number of aliphatic hydroxyl groups is 1. The normalized spacial score (nSPS) is 17.8. The summed E-state index contributed by atoms with van der Waals surface area (Å²) in [7, 11) is 1.57. The number of ether oxygens (including phenoxy) is 1. The summed E-state index contributed by atoms with van der Waals surface area (Å²) in [6.07, 6.45) is 1.65. The molecule has 1 aliphatic rings. The predicted molar refractivity (Wildman–Crippen MR) is 123 cm³/mol. The molecule has 0 bridgehead atoms. The molecule has 32 heavy (non-hydrogen) atoms. The Bertz CT molecular complexity index is 1350. The van der Waals surface area contributed by atoms with Crippen LogP contribution in [-0.2, 0) is 9.59 Å². The van der Waals surface area contributed by atoms with Crippen molar-refractivity contribution >= 4 is 34.0 Å². The lowest BCUT2D eigenvalue weighted by Crippen LogP contribution is -2.29. The number of carbonyl (C=O) groups excluding carboxylic acids is 2. The number of anilines is 1. The summed E-state index contributed by atoms with van der Waals surface area (Å²) in [6.45, 7) is 0. The Kier molecular flexibility index (Phi) is 4.75. The van der Waals surface area contributed by atoms with Gasteiger partial charge in [-0.15, -0.1) is 0 Å². The quantitative estimate of drug-likeness (QED) is 0.280. The molecule has 6 heteroatoms. The number of hydrogen-bond donors (Lipinski definition) is 2. The minimum atomic E-state index is -0.781. The number of benzene rings is 3. The van der Waals surface area contributed by atoms with Gasteiger partial charge in [0, 0.05) is 28.4 Å². The number of para-hydroxylation sites is 2. The fourth-order valence-corrected chi connectivity index (χ4v) is 4.20. The Morgan fingerprint density at radius 2 is 1.62 bits per heavy atom. The number of H-pyrrole nitrogens is 1. The van der Waals surface area contributed by atoms with Crippen LogP contribution in [0.2, 0.25) is 0 Å². The van der Waals surface area contributed by atoms with E-state index in [1.165, 1.54) is 4.90 Å². The van der Waals surface area contributed by atoms with Gasteiger partial charge in [0.1, 0.15) is 11.5 Å². The van der Waals surface area contributed by atoms with E-state index in [4.69, 9.17) is 4.74 Å². The second-order valence-corrected chi connectivity index (χ2v) is 7.53. The van der Waals surface area contributed by atoms with Gasteiger partial charge in [-0.25, -0.2) is 0 Å². The van der Waals surface area contributed by atoms with E-state index in [0.717, 1.165) is 10.9 Å². The number of hydrogen-bond acceptors (Lipinski definition) is 4. The highest BCUT2D eigenvalue weighted by atomic mass is 16.5. The first kappa shape index (κ1) is 19.6. The molecule has 0 saturated carbocycles. The van der Waals surface area contributed by atoms with Gasteiger partial charge in [-0.05, 0) is 35.9 Å². The summed E-state index contributed by atoms with van der Waals surface area (Å²) < 4.78 is 5.25. The number of nitrogens with zero attached hydrogens (tertiary/aromatic N) is 1. The van der Waals surface area contributed by atoms with Crippen molar-refractivity contribution in [3.05, 3.63) is 102 Å². The maximum atomic E-state index is 13.2. The molecule has 1 amide bonds. The molecule has 158 valence electrons. The fourth-order valence-electron chi connectivity index (χ4n) is 4.20. The monoisotopic (exact) mass is 424 g/mol. The number of methoxy groups -OCH3 is 1. The number of fused-ring (bicyclic) bond motifs is 1. The highest BCUT2D eigenvalue weighted by Crippen LogP contribution is 2.43. The third-order valence-corrected chi connectivity index (χ3v) is 5.75. The summed E-state index contributed by atoms with van der Waals surface area (Å²) in [6, 6.07) is 22.8. The van der Waals surface area contributed by atoms with Crippen LogP contribution in [0.5, 0.6) is 5.75 Å². The molecule has 1 fully saturated rings. The number of Topliss-reactive ketones (excluding diaryl/α,β-unsaturated/α-hetero) is 1. The van der Waals surface area contributed by atoms with Gasteiger partial charge in [-0.3, -0.25) is 14.5 Å². The average molecular weight is 424 g/mol. The lowest BCUT2D eigenvalue weighted by atomic mass is 9.95. The maximum absolute atomic E-state index is 13.2. The third-order valence-electron chi connectivity index (χ3n) is 5.75. The molecule has 5 rings (SSSR count). The number of aliphatic hydroxyl groups excluding tert-OH is 1. The lowest BCUT2D eigenvalue weighted by molar-refractivity contribution is -0.132. The predicted octanol–water partition coefficient (Wildman–Crippen LogP) is 4.80. The summed E-state index contributed by atoms with van der Waals surface area (Å²) in [5, 5.41) is 12.1. The molecule has 0 radical (unpaired) electrons. The molecular weight excluding hydrogens is 404 g/mol. The molecule has 1 saturated heterocycles. The van der Waals surface area contributed by atoms with Gasteiger partial charge in [0.25, 0.3) is 11.7 Å². The topological polar surface area (TPSA) is 82.6 Å². The molecule has 2 heterocycles. The van der Waals surface area contributed by atoms with Crippen LogP contribution in [0.15, 0.2) is 90.6 Å². The van der Waals surface area contributed by atoms with Gasteiger partial charge in [0.2, 0.25) is 0 Å². The Morgan fingerprint density at radius 3 is 2.34 bits per heavy atom. The number of aromatic amines is 1. The van der Waals surface area contributed by atoms with Crippen molar-refractivity contribution in [2.24, 2.45) is 0 Å². The largest absolute Gasteiger partial charge is 0.507 e. The molecule has 1 unspecified atom stereocenters. The van der Waals surface area contributed by atoms with Gasteiger partial charge in [-0.2, -0.15) is 0 Å². The van der Waals surface area contributed by atoms with Gasteiger partial charge in [0.05, 0.1) is 18.7 Å². The summed E-state index contributed by atoms with van der Waals surface area (Å²) >= 11 is 0. The third kappa shape index (κ3) is 3.04. The van der Waals surface area contributed by atoms with Crippen LogP contribution in [0.4, 0.5) is 5.69 Å². The Labute approximate surface area is 184 Å². The number of aromatic nitrogens is 1. The fraction of sp³-hybridized carbons (Fsp3) is 0.0769. The van der Waals surface area contributed by atoms with Crippen LogP contribution in [0, 0.1) is 0 Å². The highest BCUT2D eigenvalue weighted by molar-refractivity contribution is 6.51. The Hall–Kier alpha value is -4.32. The van der Waals surface area contributed by atoms with Crippen LogP contribution in [0.3, 0.4) is 0 Å². The standard InChI is InChI=1S/C26H20N2O4/c1-32-18-13-11-16(12-14-18)23-22(24(29)20-15-27-21-10-6-5-9-19(20)21)25(30)26(31)28(23)17-7-3-2-4-8-17/h2-15,23,27,29H,1H3/b24-22-. The van der Waals surface area contributed by atoms with Crippen molar-refractivity contribution in [1.29, 1.82) is 0 Å². The number of rotatable bonds is 4. The zero-order valence-electron chi connectivity index (χ0n) is 17.3. The van der Waals surface area contributed by atoms with Crippen LogP contribution in [0.25, 0.3) is 16.7 Å². The van der Waals surface area contributed by atoms with E-state index in [-0.39, 0.29) is 11.3 Å². The molecule has 0 spiro atoms. The molecule has 6 nitrogen and oxygen atoms in total. The van der Waals surface area contributed by atoms with Gasteiger partial charge in [-0.1, -0.05) is 48.5 Å². The molecule has 1 aromatic heterocycles. The van der Waals surface area contributed by atoms with E-state index in [0.29, 0.717) is 22.6 Å². The number of ketones is 1. The van der Waals surface area contributed by atoms with Crippen LogP contribution >= 0.6 is 0 Å². The maximum Gasteiger partial charge on any atom is 0.300 e. The van der Waals surface area contributed by atoms with Crippen molar-refractivity contribution in [2.45, 2.75) is 6.04 Å². The second kappa shape index (κ2) is 7.74. The van der Waals surface area contributed by atoms with Gasteiger partial charge < -0.3 is 14.8 Å². The minimum absolute atomic E-state index is 0.0498. The number of carbonyl (C=O) groups is 2. The van der Waals surface area contributed by atoms with Crippen LogP contribution in [-0.4, -0.2) is 28.9 Å². The molecule has 2 N–H and O–H groups in total. The van der Waals surface area contributed by atoms with Crippen LogP contribution < -0.4 is 9.64 Å². The van der Waals surface area contributed by atoms with E-state index >= 15 is 0 Å². The molecule has 3 aromatic carbocycles. The number of nitrogens with one attached hydrogen (secondary N) is 1. The van der Waals surface area contributed by atoms with E-state index in [9.17, 15) is 14.7 Å². The lowest BCUT2D eigenvalue weighted by Gasteiger charge is -2.25. The average Bonchev–Trinajstić information content (AvgIpc) is 3.38. The zero-order valence-corrected chi connectivity index (χ0v) is 17.3. The molecule has 4 aromatic rings. The Balaban J connectivity index is 1.74. The highest BCUT2D eigenvalue weighted by Gasteiger charge is 2.47. The second-order valence-electron chi connectivity index (χ2n) is 7.53. The van der Waals surface area contributed by atoms with E-state index in [1.807, 2.05) is 30.3 Å². The van der Waals surface area contributed by atoms with Crippen molar-refractivity contribution in [3.63, 3.8) is 0 Å². The van der Waals surface area contributed by atoms with Crippen molar-refractivity contribution in [1.82, 2.24) is 4.98 Å². The molecular formula is C26H20N2O4. The molecule has 1 aliphatic heterocycles. The van der Waals surface area contributed by atoms with Gasteiger partial charge in [0.15, 0.2) is 0 Å². The Morgan fingerprint density at radius 1 is 0.938 bits per heavy atom. The number of amides is 1. The van der Waals surface area contributed by atoms with E-state index in [2.05, 4.69) is 4.98 Å². The smallest absolute Gasteiger partial charge is 0.300 e. The first-order valence-corrected chi connectivity index (χ1v) is 10.2. The van der Waals surface area contributed by atoms with Gasteiger partial charge >= 0.3 is 0 Å². The van der Waals surface area contributed by atoms with E-state index < -0.39 is 17.7 Å². The minimum Gasteiger partial charge on any atom is -0.507 e. The first-order chi connectivity index (χ1) is 15.6. The first-order valence-electron chi connectivity index (χ1n) is 10.2. The van der Waals surface area contributed by atoms with Crippen molar-refractivity contribution in [3.8, 4) is 5.75 Å². The summed E-state index contributed by atoms with van der Waals surface area (Å²) in [4.78, 5) is 30.9. The zero-order chi connectivity index (χ0) is 22.2. The summed E-state index contributed by atoms with van der Waals surface area (Å²) in [5.74, 6) is -0.960. The van der Waals surface area contributed by atoms with Crippen molar-refractivity contribution < 1.29 is 19.4 Å². The van der Waals surface area contributed by atoms with E-state index in [1.54, 1.807) is 61.8 Å². The molecule has 0 aliphatic carbocycles. The SMILES string of the molecule is COc1ccc(C2/C(=C(/O)c3c[nH]c4ccccc34)C(=O)C(=O)N2c2ccccc2)cc1. The van der Waals surface area contributed by atoms with Crippen LogP contribution in [0.1, 0.15) is 17.2 Å². The summed E-state index contributed by atoms with van der Waals surface area (Å²) in [5.41, 5.74) is 2.62.